The summed E-state index contributed by atoms with van der Waals surface area (Å²) in [5, 5.41) is 5.52. The summed E-state index contributed by atoms with van der Waals surface area (Å²) >= 11 is 0. The van der Waals surface area contributed by atoms with Gasteiger partial charge in [0.25, 0.3) is 5.56 Å². The number of hydrogen-bond acceptors (Lipinski definition) is 5. The number of fused-ring (bicyclic) bond motifs is 1. The minimum Gasteiger partial charge on any atom is -0.342 e. The van der Waals surface area contributed by atoms with Gasteiger partial charge in [-0.25, -0.2) is 0 Å². The van der Waals surface area contributed by atoms with Crippen molar-refractivity contribution >= 4 is 29.3 Å². The van der Waals surface area contributed by atoms with Crippen LogP contribution >= 0.6 is 0 Å². The van der Waals surface area contributed by atoms with Crippen molar-refractivity contribution in [3.8, 4) is 0 Å². The van der Waals surface area contributed by atoms with E-state index in [9.17, 15) is 14.4 Å². The first kappa shape index (κ1) is 22.8. The molecular formula is C27H29N5O3. The van der Waals surface area contributed by atoms with E-state index in [2.05, 4.69) is 44.9 Å². The van der Waals surface area contributed by atoms with Crippen LogP contribution in [0.4, 0.5) is 17.5 Å². The summed E-state index contributed by atoms with van der Waals surface area (Å²) in [5.41, 5.74) is 2.84. The number of aromatic nitrogens is 2. The molecule has 3 N–H and O–H groups in total. The molecule has 1 fully saturated rings. The van der Waals surface area contributed by atoms with Gasteiger partial charge < -0.3 is 15.5 Å². The number of aromatic amines is 1. The number of aryl methyl sites for hydroxylation is 1. The normalized spacial score (nSPS) is 18.0. The van der Waals surface area contributed by atoms with Gasteiger partial charge in [-0.15, -0.1) is 0 Å². The molecule has 3 heterocycles. The molecule has 0 saturated carbocycles. The molecule has 35 heavy (non-hydrogen) atoms. The zero-order chi connectivity index (χ0) is 24.4. The molecule has 3 aromatic rings. The number of carbonyl (C=O) groups excluding carboxylic acids is 2. The molecule has 0 spiro atoms. The molecule has 2 amide bonds. The predicted octanol–water partition coefficient (Wildman–Crippen LogP) is 3.60. The Bertz CT molecular complexity index is 1280. The molecule has 2 aliphatic rings. The molecular weight excluding hydrogens is 442 g/mol. The molecule has 1 unspecified atom stereocenters. The standard InChI is InChI=1S/C27H29N5O3/c1-17-7-9-20(10-8-17)28-25(34)21-16-22(33)29-24-23(21)26(35)31-27(30-24)32-13-11-19(12-14-32)15-18-5-3-2-4-6-18/h2-10,19,21H,11-16H2,1H3,(H,28,34)(H2,29,30,31,33,35). The number of H-pyrrole nitrogens is 1. The van der Waals surface area contributed by atoms with Crippen molar-refractivity contribution in [2.75, 3.05) is 28.6 Å². The Morgan fingerprint density at radius 3 is 2.49 bits per heavy atom. The monoisotopic (exact) mass is 471 g/mol. The van der Waals surface area contributed by atoms with Gasteiger partial charge in [0, 0.05) is 25.2 Å². The highest BCUT2D eigenvalue weighted by Crippen LogP contribution is 2.31. The lowest BCUT2D eigenvalue weighted by molar-refractivity contribution is -0.123. The molecule has 2 aliphatic heterocycles. The van der Waals surface area contributed by atoms with Crippen molar-refractivity contribution in [2.24, 2.45) is 5.92 Å². The highest BCUT2D eigenvalue weighted by Gasteiger charge is 2.35. The van der Waals surface area contributed by atoms with Gasteiger partial charge in [-0.1, -0.05) is 48.0 Å². The first-order valence-electron chi connectivity index (χ1n) is 12.1. The van der Waals surface area contributed by atoms with E-state index >= 15 is 0 Å². The van der Waals surface area contributed by atoms with Gasteiger partial charge in [-0.2, -0.15) is 4.98 Å². The van der Waals surface area contributed by atoms with Crippen molar-refractivity contribution in [3.05, 3.63) is 81.6 Å². The maximum atomic E-state index is 13.1. The molecule has 8 heteroatoms. The third kappa shape index (κ3) is 5.11. The molecule has 0 aliphatic carbocycles. The summed E-state index contributed by atoms with van der Waals surface area (Å²) < 4.78 is 0. The molecule has 2 aromatic carbocycles. The van der Waals surface area contributed by atoms with Crippen LogP contribution in [0.5, 0.6) is 0 Å². The number of rotatable bonds is 5. The Labute approximate surface area is 203 Å². The number of hydrogen-bond donors (Lipinski definition) is 3. The summed E-state index contributed by atoms with van der Waals surface area (Å²) in [5.74, 6) is -0.435. The van der Waals surface area contributed by atoms with Crippen LogP contribution in [0, 0.1) is 12.8 Å². The van der Waals surface area contributed by atoms with Crippen molar-refractivity contribution in [1.82, 2.24) is 9.97 Å². The SMILES string of the molecule is Cc1ccc(NC(=O)C2CC(=O)Nc3nc(N4CCC(Cc5ccccc5)CC4)[nH]c(=O)c32)cc1. The van der Waals surface area contributed by atoms with Crippen LogP contribution in [-0.4, -0.2) is 34.9 Å². The Balaban J connectivity index is 1.31. The van der Waals surface area contributed by atoms with E-state index in [0.29, 0.717) is 17.6 Å². The molecule has 1 aromatic heterocycles. The van der Waals surface area contributed by atoms with Crippen molar-refractivity contribution in [1.29, 1.82) is 0 Å². The maximum absolute atomic E-state index is 13.1. The average molecular weight is 472 g/mol. The minimum atomic E-state index is -0.901. The van der Waals surface area contributed by atoms with Gasteiger partial charge >= 0.3 is 0 Å². The second kappa shape index (κ2) is 9.74. The molecule has 8 nitrogen and oxygen atoms in total. The highest BCUT2D eigenvalue weighted by molar-refractivity contribution is 6.04. The number of carbonyl (C=O) groups is 2. The molecule has 1 saturated heterocycles. The van der Waals surface area contributed by atoms with E-state index in [1.165, 1.54) is 5.56 Å². The summed E-state index contributed by atoms with van der Waals surface area (Å²) in [7, 11) is 0. The number of amides is 2. The Hall–Kier alpha value is -3.94. The Morgan fingerprint density at radius 1 is 1.06 bits per heavy atom. The molecule has 0 bridgehead atoms. The molecule has 180 valence electrons. The maximum Gasteiger partial charge on any atom is 0.258 e. The predicted molar refractivity (Wildman–Crippen MR) is 136 cm³/mol. The third-order valence-electron chi connectivity index (χ3n) is 6.86. The van der Waals surface area contributed by atoms with Crippen molar-refractivity contribution in [3.63, 3.8) is 0 Å². The van der Waals surface area contributed by atoms with Crippen LogP contribution in [0.3, 0.4) is 0 Å². The van der Waals surface area contributed by atoms with Crippen molar-refractivity contribution < 1.29 is 9.59 Å². The zero-order valence-electron chi connectivity index (χ0n) is 19.7. The van der Waals surface area contributed by atoms with Gasteiger partial charge in [-0.05, 0) is 49.8 Å². The molecule has 1 atom stereocenters. The van der Waals surface area contributed by atoms with Gasteiger partial charge in [0.05, 0.1) is 11.5 Å². The second-order valence-electron chi connectivity index (χ2n) is 9.43. The van der Waals surface area contributed by atoms with Crippen LogP contribution in [-0.2, 0) is 16.0 Å². The number of piperidine rings is 1. The molecule has 0 radical (unpaired) electrons. The minimum absolute atomic E-state index is 0.0975. The fourth-order valence-electron chi connectivity index (χ4n) is 4.90. The van der Waals surface area contributed by atoms with Gasteiger partial charge in [0.15, 0.2) is 0 Å². The lowest BCUT2D eigenvalue weighted by Gasteiger charge is -2.33. The summed E-state index contributed by atoms with van der Waals surface area (Å²) in [6.07, 6.45) is 2.92. The average Bonchev–Trinajstić information content (AvgIpc) is 2.85. The third-order valence-corrected chi connectivity index (χ3v) is 6.86. The number of anilines is 3. The largest absolute Gasteiger partial charge is 0.342 e. The zero-order valence-corrected chi connectivity index (χ0v) is 19.7. The van der Waals surface area contributed by atoms with Crippen LogP contribution in [0.2, 0.25) is 0 Å². The van der Waals surface area contributed by atoms with Gasteiger partial charge in [0.1, 0.15) is 5.82 Å². The highest BCUT2D eigenvalue weighted by atomic mass is 16.2. The Morgan fingerprint density at radius 2 is 1.77 bits per heavy atom. The quantitative estimate of drug-likeness (QED) is 0.527. The number of benzene rings is 2. The summed E-state index contributed by atoms with van der Waals surface area (Å²) in [6.45, 7) is 3.50. The van der Waals surface area contributed by atoms with E-state index in [-0.39, 0.29) is 29.3 Å². The number of nitrogens with zero attached hydrogens (tertiary/aromatic N) is 2. The van der Waals surface area contributed by atoms with E-state index in [4.69, 9.17) is 0 Å². The smallest absolute Gasteiger partial charge is 0.258 e. The number of nitrogens with one attached hydrogen (secondary N) is 3. The van der Waals surface area contributed by atoms with Crippen molar-refractivity contribution in [2.45, 2.75) is 38.5 Å². The lowest BCUT2D eigenvalue weighted by atomic mass is 9.90. The summed E-state index contributed by atoms with van der Waals surface area (Å²) in [6, 6.07) is 17.8. The first-order chi connectivity index (χ1) is 17.0. The van der Waals surface area contributed by atoms with Crippen LogP contribution < -0.4 is 21.1 Å². The van der Waals surface area contributed by atoms with E-state index < -0.39 is 11.8 Å². The van der Waals surface area contributed by atoms with Gasteiger partial charge in [-0.3, -0.25) is 19.4 Å². The van der Waals surface area contributed by atoms with Crippen LogP contribution in [0.15, 0.2) is 59.4 Å². The van der Waals surface area contributed by atoms with Crippen LogP contribution in [0.25, 0.3) is 0 Å². The fourth-order valence-corrected chi connectivity index (χ4v) is 4.90. The van der Waals surface area contributed by atoms with E-state index in [0.717, 1.165) is 37.9 Å². The van der Waals surface area contributed by atoms with E-state index in [1.54, 1.807) is 12.1 Å². The van der Waals surface area contributed by atoms with Gasteiger partial charge in [0.2, 0.25) is 17.8 Å². The first-order valence-corrected chi connectivity index (χ1v) is 12.1. The fraction of sp³-hybridized carbons (Fsp3) is 0.333. The lowest BCUT2D eigenvalue weighted by Crippen LogP contribution is -2.40. The summed E-state index contributed by atoms with van der Waals surface area (Å²) in [4.78, 5) is 48.0. The second-order valence-corrected chi connectivity index (χ2v) is 9.43. The van der Waals surface area contributed by atoms with Crippen LogP contribution in [0.1, 0.15) is 41.9 Å². The topological polar surface area (TPSA) is 107 Å². The Kier molecular flexibility index (Phi) is 6.35. The molecule has 5 rings (SSSR count). The van der Waals surface area contributed by atoms with E-state index in [1.807, 2.05) is 30.0 Å².